The molecule has 0 aliphatic carbocycles. The topological polar surface area (TPSA) is 307 Å². The molecule has 0 aromatic heterocycles. The number of unbranched alkanes of at least 4 members (excludes halogenated alkanes) is 30. The molecule has 3 heterocycles. The Kier molecular flexibility index (Phi) is 43.5. The van der Waals surface area contributed by atoms with Gasteiger partial charge in [-0.05, 0) is 44.9 Å². The van der Waals surface area contributed by atoms with E-state index in [1.54, 1.807) is 6.08 Å². The number of nitrogens with one attached hydrogen (secondary N) is 1. The minimum absolute atomic E-state index is 0.227. The molecule has 0 bridgehead atoms. The number of hydrogen-bond donors (Lipinski definition) is 12. The zero-order valence-corrected chi connectivity index (χ0v) is 51.6. The fourth-order valence-corrected chi connectivity index (χ4v) is 11.2. The highest BCUT2D eigenvalue weighted by Crippen LogP contribution is 2.33. The Morgan fingerprint density at radius 1 is 0.429 bits per heavy atom. The number of carbonyl (C=O) groups is 1. The van der Waals surface area contributed by atoms with Crippen molar-refractivity contribution in [1.82, 2.24) is 5.32 Å². The van der Waals surface area contributed by atoms with Crippen molar-refractivity contribution in [1.29, 1.82) is 0 Å². The number of ether oxygens (including phenoxy) is 6. The number of amides is 1. The van der Waals surface area contributed by atoms with Crippen LogP contribution in [-0.4, -0.2) is 193 Å². The van der Waals surface area contributed by atoms with Crippen molar-refractivity contribution in [3.63, 3.8) is 0 Å². The summed E-state index contributed by atoms with van der Waals surface area (Å²) in [5.41, 5.74) is 0. The summed E-state index contributed by atoms with van der Waals surface area (Å²) in [4.78, 5) is 13.3. The molecule has 0 aromatic rings. The maximum absolute atomic E-state index is 13.3. The van der Waals surface area contributed by atoms with Gasteiger partial charge in [0.2, 0.25) is 5.91 Å². The van der Waals surface area contributed by atoms with E-state index in [1.807, 2.05) is 6.08 Å². The first-order valence-electron chi connectivity index (χ1n) is 33.2. The van der Waals surface area contributed by atoms with Gasteiger partial charge < -0.3 is 89.9 Å². The summed E-state index contributed by atoms with van der Waals surface area (Å²) in [5.74, 6) is -0.289. The highest BCUT2D eigenvalue weighted by molar-refractivity contribution is 5.76. The molecule has 17 unspecified atom stereocenters. The molecule has 492 valence electrons. The monoisotopic (exact) mass is 1200 g/mol. The minimum Gasteiger partial charge on any atom is -0.394 e. The van der Waals surface area contributed by atoms with Gasteiger partial charge in [0.05, 0.1) is 38.6 Å². The number of hydrogen-bond acceptors (Lipinski definition) is 18. The van der Waals surface area contributed by atoms with E-state index in [-0.39, 0.29) is 18.9 Å². The van der Waals surface area contributed by atoms with Crippen LogP contribution in [0.4, 0.5) is 0 Å². The second kappa shape index (κ2) is 47.9. The van der Waals surface area contributed by atoms with Gasteiger partial charge in [-0.15, -0.1) is 0 Å². The predicted octanol–water partition coefficient (Wildman–Crippen LogP) is 7.66. The summed E-state index contributed by atoms with van der Waals surface area (Å²) in [6.07, 6.45) is 27.0. The summed E-state index contributed by atoms with van der Waals surface area (Å²) in [5, 5.41) is 120. The van der Waals surface area contributed by atoms with Crippen LogP contribution in [0.5, 0.6) is 0 Å². The van der Waals surface area contributed by atoms with Gasteiger partial charge in [0, 0.05) is 6.42 Å². The van der Waals surface area contributed by atoms with Gasteiger partial charge in [-0.1, -0.05) is 224 Å². The van der Waals surface area contributed by atoms with Gasteiger partial charge in [0.25, 0.3) is 0 Å². The lowest BCUT2D eigenvalue weighted by atomic mass is 9.96. The van der Waals surface area contributed by atoms with Gasteiger partial charge in [-0.3, -0.25) is 4.79 Å². The van der Waals surface area contributed by atoms with Crippen LogP contribution in [0.3, 0.4) is 0 Å². The molecule has 1 amide bonds. The molecule has 0 aromatic carbocycles. The van der Waals surface area contributed by atoms with E-state index < -0.39 is 124 Å². The molecular formula is C65H119NO18. The second-order valence-electron chi connectivity index (χ2n) is 23.9. The van der Waals surface area contributed by atoms with Crippen LogP contribution in [0.2, 0.25) is 0 Å². The summed E-state index contributed by atoms with van der Waals surface area (Å²) >= 11 is 0. The summed E-state index contributed by atoms with van der Waals surface area (Å²) in [6.45, 7) is 1.69. The SMILES string of the molecule is CCCC/C=C\C/C=C\CCCCCCCC(=O)NC(COC1OC(CO)C(OC2OC(CO)C(OC3OC(CO)C(O)C(O)C3O)C(O)C2O)C(O)C1O)C(O)/C=C/CCCCCCCCCCCCCCCCCCCCCCCCC. The van der Waals surface area contributed by atoms with Crippen LogP contribution >= 0.6 is 0 Å². The van der Waals surface area contributed by atoms with E-state index >= 15 is 0 Å². The lowest BCUT2D eigenvalue weighted by Gasteiger charge is -2.48. The Morgan fingerprint density at radius 3 is 1.25 bits per heavy atom. The van der Waals surface area contributed by atoms with Crippen LogP contribution in [-0.2, 0) is 33.2 Å². The normalized spacial score (nSPS) is 29.4. The zero-order chi connectivity index (χ0) is 61.2. The van der Waals surface area contributed by atoms with E-state index in [9.17, 15) is 61.0 Å². The van der Waals surface area contributed by atoms with Gasteiger partial charge in [0.1, 0.15) is 73.2 Å². The molecule has 0 saturated carbocycles. The quantitative estimate of drug-likeness (QED) is 0.0205. The molecule has 3 saturated heterocycles. The van der Waals surface area contributed by atoms with E-state index in [0.717, 1.165) is 70.6 Å². The lowest BCUT2D eigenvalue weighted by molar-refractivity contribution is -0.379. The Balaban J connectivity index is 1.45. The Hall–Kier alpha value is -1.99. The first kappa shape index (κ1) is 76.3. The molecule has 17 atom stereocenters. The van der Waals surface area contributed by atoms with E-state index in [2.05, 4.69) is 43.5 Å². The number of allylic oxidation sites excluding steroid dienone is 5. The Labute approximate surface area is 504 Å². The third-order valence-corrected chi connectivity index (χ3v) is 16.7. The smallest absolute Gasteiger partial charge is 0.220 e. The molecule has 3 rings (SSSR count). The molecular weight excluding hydrogens is 1080 g/mol. The molecule has 3 aliphatic rings. The van der Waals surface area contributed by atoms with Crippen molar-refractivity contribution >= 4 is 5.91 Å². The van der Waals surface area contributed by atoms with Crippen molar-refractivity contribution in [3.05, 3.63) is 36.5 Å². The maximum atomic E-state index is 13.3. The maximum Gasteiger partial charge on any atom is 0.220 e. The van der Waals surface area contributed by atoms with Crippen molar-refractivity contribution in [2.75, 3.05) is 26.4 Å². The number of carbonyl (C=O) groups excluding carboxylic acids is 1. The summed E-state index contributed by atoms with van der Waals surface area (Å²) in [7, 11) is 0. The highest BCUT2D eigenvalue weighted by atomic mass is 16.8. The van der Waals surface area contributed by atoms with Gasteiger partial charge in [-0.2, -0.15) is 0 Å². The molecule has 3 aliphatic heterocycles. The Morgan fingerprint density at radius 2 is 0.798 bits per heavy atom. The number of aliphatic hydroxyl groups excluding tert-OH is 11. The largest absolute Gasteiger partial charge is 0.394 e. The van der Waals surface area contributed by atoms with Gasteiger partial charge >= 0.3 is 0 Å². The standard InChI is InChI=1S/C65H119NO18/c1-3-5-7-9-11-13-15-17-19-20-21-22-23-24-25-26-27-28-29-30-32-34-36-38-40-42-49(70)48(66-53(71)43-41-39-37-35-33-31-18-16-14-12-10-8-6-4-2)47-79-63-59(77)56(74)61(51(45-68)81-63)84-65-60(78)57(75)62(52(46-69)82-65)83-64-58(76)55(73)54(72)50(44-67)80-64/h10,12,16,18,40,42,48-52,54-65,67-70,72-78H,3-9,11,13-15,17,19-39,41,43-47H2,1-2H3,(H,66,71)/b12-10-,18-16-,42-40+. The van der Waals surface area contributed by atoms with Crippen molar-refractivity contribution in [2.24, 2.45) is 0 Å². The Bertz CT molecular complexity index is 1670. The fourth-order valence-electron chi connectivity index (χ4n) is 11.2. The minimum atomic E-state index is -1.98. The lowest BCUT2D eigenvalue weighted by Crippen LogP contribution is -2.66. The van der Waals surface area contributed by atoms with Crippen molar-refractivity contribution in [3.8, 4) is 0 Å². The first-order valence-corrected chi connectivity index (χ1v) is 33.2. The number of rotatable bonds is 50. The third kappa shape index (κ3) is 30.5. The zero-order valence-electron chi connectivity index (χ0n) is 51.6. The summed E-state index contributed by atoms with van der Waals surface area (Å²) < 4.78 is 34.3. The van der Waals surface area contributed by atoms with Gasteiger partial charge in [0.15, 0.2) is 18.9 Å². The highest BCUT2D eigenvalue weighted by Gasteiger charge is 2.53. The first-order chi connectivity index (χ1) is 40.8. The van der Waals surface area contributed by atoms with Crippen molar-refractivity contribution < 1.29 is 89.4 Å². The average Bonchev–Trinajstić information content (AvgIpc) is 2.80. The van der Waals surface area contributed by atoms with Crippen LogP contribution in [0.1, 0.15) is 239 Å². The van der Waals surface area contributed by atoms with Crippen LogP contribution in [0, 0.1) is 0 Å². The molecule has 84 heavy (non-hydrogen) atoms. The number of aliphatic hydroxyl groups is 11. The fraction of sp³-hybridized carbons (Fsp3) is 0.892. The van der Waals surface area contributed by atoms with E-state index in [1.165, 1.54) is 141 Å². The van der Waals surface area contributed by atoms with Gasteiger partial charge in [-0.25, -0.2) is 0 Å². The molecule has 19 nitrogen and oxygen atoms in total. The van der Waals surface area contributed by atoms with E-state index in [4.69, 9.17) is 28.4 Å². The summed E-state index contributed by atoms with van der Waals surface area (Å²) in [6, 6.07) is -0.980. The molecule has 12 N–H and O–H groups in total. The van der Waals surface area contributed by atoms with Crippen LogP contribution in [0.15, 0.2) is 36.5 Å². The average molecular weight is 1200 g/mol. The molecule has 3 fully saturated rings. The van der Waals surface area contributed by atoms with E-state index in [0.29, 0.717) is 6.42 Å². The molecule has 19 heteroatoms. The third-order valence-electron chi connectivity index (χ3n) is 16.7. The molecule has 0 radical (unpaired) electrons. The second-order valence-corrected chi connectivity index (χ2v) is 23.9. The van der Waals surface area contributed by atoms with Crippen molar-refractivity contribution in [2.45, 2.75) is 343 Å². The molecule has 0 spiro atoms. The van der Waals surface area contributed by atoms with Crippen LogP contribution < -0.4 is 5.32 Å². The predicted molar refractivity (Wildman–Crippen MR) is 323 cm³/mol. The van der Waals surface area contributed by atoms with Crippen LogP contribution in [0.25, 0.3) is 0 Å².